The highest BCUT2D eigenvalue weighted by Gasteiger charge is 2.30. The van der Waals surface area contributed by atoms with Gasteiger partial charge in [-0.15, -0.1) is 0 Å². The maximum Gasteiger partial charge on any atom is 0.264 e. The van der Waals surface area contributed by atoms with Crippen LogP contribution in [-0.2, 0) is 16.6 Å². The fourth-order valence-corrected chi connectivity index (χ4v) is 6.02. The van der Waals surface area contributed by atoms with Crippen molar-refractivity contribution >= 4 is 79.5 Å². The van der Waals surface area contributed by atoms with Crippen LogP contribution in [0.2, 0.25) is 10.0 Å². The number of halogens is 3. The van der Waals surface area contributed by atoms with Crippen LogP contribution in [0.15, 0.2) is 71.6 Å². The van der Waals surface area contributed by atoms with Crippen molar-refractivity contribution in [3.63, 3.8) is 0 Å². The summed E-state index contributed by atoms with van der Waals surface area (Å²) < 4.78 is 34.3. The van der Waals surface area contributed by atoms with Crippen LogP contribution in [0, 0.1) is 3.57 Å². The molecule has 0 aromatic heterocycles. The van der Waals surface area contributed by atoms with E-state index >= 15 is 0 Å². The van der Waals surface area contributed by atoms with Gasteiger partial charge < -0.3 is 10.0 Å². The lowest BCUT2D eigenvalue weighted by Gasteiger charge is -2.21. The molecular formula is C20H15Cl2IN4O3S2. The first kappa shape index (κ1) is 23.3. The number of fused-ring (bicyclic) bond motifs is 1. The quantitative estimate of drug-likeness (QED) is 0.311. The standard InChI is InChI=1S/C20H15Cl2IN4O3S2/c21-15-3-1-4-16(22)14(15)10-24-20(28)13-7-6-12(23)9-17(13)26-32(29,30)19-5-2-8-27-18(19)11-25-31-27/h1-9,11,25-26H,10H2,(H,24,28). The maximum absolute atomic E-state index is 13.2. The molecular weight excluding hydrogens is 606 g/mol. The number of benzene rings is 2. The first-order valence-electron chi connectivity index (χ1n) is 9.10. The molecule has 0 aliphatic carbocycles. The van der Waals surface area contributed by atoms with Gasteiger partial charge in [0.2, 0.25) is 0 Å². The van der Waals surface area contributed by atoms with Gasteiger partial charge in [-0.05, 0) is 65.1 Å². The molecule has 3 N–H and O–H groups in total. The molecule has 7 nitrogen and oxygen atoms in total. The number of amides is 1. The van der Waals surface area contributed by atoms with E-state index < -0.39 is 15.9 Å². The molecule has 2 aromatic rings. The Balaban J connectivity index is 1.59. The Morgan fingerprint density at radius 2 is 1.94 bits per heavy atom. The van der Waals surface area contributed by atoms with Crippen molar-refractivity contribution < 1.29 is 13.2 Å². The maximum atomic E-state index is 13.2. The topological polar surface area (TPSA) is 90.5 Å². The second-order valence-electron chi connectivity index (χ2n) is 6.62. The van der Waals surface area contributed by atoms with Crippen LogP contribution >= 0.6 is 57.9 Å². The average molecular weight is 621 g/mol. The first-order chi connectivity index (χ1) is 15.3. The second kappa shape index (κ2) is 9.56. The van der Waals surface area contributed by atoms with E-state index in [9.17, 15) is 13.2 Å². The zero-order chi connectivity index (χ0) is 22.9. The van der Waals surface area contributed by atoms with Gasteiger partial charge in [-0.3, -0.25) is 13.8 Å². The summed E-state index contributed by atoms with van der Waals surface area (Å²) in [7, 11) is -3.97. The molecule has 0 radical (unpaired) electrons. The predicted octanol–water partition coefficient (Wildman–Crippen LogP) is 4.99. The Hall–Kier alpha value is -1.86. The summed E-state index contributed by atoms with van der Waals surface area (Å²) in [5, 5.41) is 3.62. The third-order valence-corrected chi connectivity index (χ3v) is 8.08. The SMILES string of the molecule is O=C(NCc1c(Cl)cccc1Cl)c1ccc(I)cc1NS(=O)(=O)C1=CC=CN2SNC=C12. The van der Waals surface area contributed by atoms with Gasteiger partial charge in [-0.25, -0.2) is 8.42 Å². The molecule has 2 aromatic carbocycles. The second-order valence-corrected chi connectivity index (χ2v) is 11.1. The van der Waals surface area contributed by atoms with Crippen LogP contribution in [0.1, 0.15) is 15.9 Å². The summed E-state index contributed by atoms with van der Waals surface area (Å²) in [4.78, 5) is 13.0. The summed E-state index contributed by atoms with van der Waals surface area (Å²) in [6.45, 7) is 0.0935. The summed E-state index contributed by atoms with van der Waals surface area (Å²) in [6.07, 6.45) is 6.50. The third-order valence-electron chi connectivity index (χ3n) is 4.55. The van der Waals surface area contributed by atoms with E-state index in [0.717, 1.165) is 3.57 Å². The number of sulfonamides is 1. The number of anilines is 1. The summed E-state index contributed by atoms with van der Waals surface area (Å²) >= 11 is 15.7. The average Bonchev–Trinajstić information content (AvgIpc) is 3.22. The Bertz CT molecular complexity index is 1280. The van der Waals surface area contributed by atoms with E-state index in [2.05, 4.69) is 37.4 Å². The van der Waals surface area contributed by atoms with Crippen LogP contribution in [-0.4, -0.2) is 18.6 Å². The van der Waals surface area contributed by atoms with E-state index in [1.807, 2.05) is 0 Å². The van der Waals surface area contributed by atoms with Crippen LogP contribution in [0.3, 0.4) is 0 Å². The zero-order valence-corrected chi connectivity index (χ0v) is 21.4. The van der Waals surface area contributed by atoms with Gasteiger partial charge in [-0.1, -0.05) is 29.3 Å². The van der Waals surface area contributed by atoms with E-state index in [-0.39, 0.29) is 22.7 Å². The highest BCUT2D eigenvalue weighted by molar-refractivity contribution is 14.1. The molecule has 0 spiro atoms. The lowest BCUT2D eigenvalue weighted by atomic mass is 10.1. The highest BCUT2D eigenvalue weighted by atomic mass is 127. The Kier molecular flexibility index (Phi) is 6.96. The van der Waals surface area contributed by atoms with Gasteiger partial charge in [-0.2, -0.15) is 0 Å². The minimum absolute atomic E-state index is 0.0885. The molecule has 0 atom stereocenters. The molecule has 2 aliphatic rings. The van der Waals surface area contributed by atoms with Crippen LogP contribution in [0.5, 0.6) is 0 Å². The van der Waals surface area contributed by atoms with Crippen molar-refractivity contribution in [2.45, 2.75) is 6.54 Å². The summed E-state index contributed by atoms with van der Waals surface area (Å²) in [5.74, 6) is -0.466. The molecule has 0 saturated heterocycles. The largest absolute Gasteiger partial charge is 0.348 e. The predicted molar refractivity (Wildman–Crippen MR) is 137 cm³/mol. The lowest BCUT2D eigenvalue weighted by molar-refractivity contribution is 0.0952. The number of carbonyl (C=O) groups excluding carboxylic acids is 1. The number of nitrogens with one attached hydrogen (secondary N) is 3. The van der Waals surface area contributed by atoms with Crippen LogP contribution in [0.4, 0.5) is 5.69 Å². The molecule has 0 unspecified atom stereocenters. The Morgan fingerprint density at radius 1 is 1.19 bits per heavy atom. The van der Waals surface area contributed by atoms with Gasteiger partial charge in [0, 0.05) is 38.1 Å². The number of hydrogen-bond donors (Lipinski definition) is 3. The molecule has 0 bridgehead atoms. The van der Waals surface area contributed by atoms with Crippen LogP contribution in [0.25, 0.3) is 0 Å². The van der Waals surface area contributed by atoms with E-state index in [1.54, 1.807) is 59.2 Å². The van der Waals surface area contributed by atoms with Gasteiger partial charge in [0.15, 0.2) is 0 Å². The molecule has 166 valence electrons. The van der Waals surface area contributed by atoms with Crippen LogP contribution < -0.4 is 14.8 Å². The fourth-order valence-electron chi connectivity index (χ4n) is 3.03. The van der Waals surface area contributed by atoms with Crippen molar-refractivity contribution in [3.05, 3.63) is 96.3 Å². The van der Waals surface area contributed by atoms with E-state index in [1.165, 1.54) is 18.2 Å². The lowest BCUT2D eigenvalue weighted by Crippen LogP contribution is -2.26. The normalized spacial score (nSPS) is 14.9. The molecule has 4 rings (SSSR count). The number of carbonyl (C=O) groups is 1. The van der Waals surface area contributed by atoms with Gasteiger partial charge >= 0.3 is 0 Å². The summed E-state index contributed by atoms with van der Waals surface area (Å²) in [5.41, 5.74) is 1.42. The molecule has 12 heteroatoms. The van der Waals surface area contributed by atoms with E-state index in [0.29, 0.717) is 21.3 Å². The summed E-state index contributed by atoms with van der Waals surface area (Å²) in [6, 6.07) is 9.96. The number of rotatable bonds is 6. The molecule has 0 fully saturated rings. The fraction of sp³-hybridized carbons (Fsp3) is 0.0500. The molecule has 2 heterocycles. The highest BCUT2D eigenvalue weighted by Crippen LogP contribution is 2.34. The van der Waals surface area contributed by atoms with E-state index in [4.69, 9.17) is 23.2 Å². The van der Waals surface area contributed by atoms with Crippen molar-refractivity contribution in [2.24, 2.45) is 0 Å². The Labute approximate surface area is 213 Å². The zero-order valence-electron chi connectivity index (χ0n) is 16.1. The van der Waals surface area contributed by atoms with Gasteiger partial charge in [0.25, 0.3) is 15.9 Å². The molecule has 1 amide bonds. The minimum atomic E-state index is -3.97. The van der Waals surface area contributed by atoms with Crippen molar-refractivity contribution in [2.75, 3.05) is 4.72 Å². The van der Waals surface area contributed by atoms with Crippen molar-refractivity contribution in [1.29, 1.82) is 0 Å². The smallest absolute Gasteiger partial charge is 0.264 e. The monoisotopic (exact) mass is 620 g/mol. The minimum Gasteiger partial charge on any atom is -0.348 e. The van der Waals surface area contributed by atoms with Crippen molar-refractivity contribution in [3.8, 4) is 0 Å². The first-order valence-corrected chi connectivity index (χ1v) is 13.2. The third kappa shape index (κ3) is 4.88. The Morgan fingerprint density at radius 3 is 2.69 bits per heavy atom. The number of hydrogen-bond acceptors (Lipinski definition) is 6. The van der Waals surface area contributed by atoms with Gasteiger partial charge in [0.1, 0.15) is 4.91 Å². The van der Waals surface area contributed by atoms with Crippen molar-refractivity contribution in [1.82, 2.24) is 14.3 Å². The number of nitrogens with zero attached hydrogens (tertiary/aromatic N) is 1. The molecule has 0 saturated carbocycles. The number of allylic oxidation sites excluding steroid dienone is 2. The van der Waals surface area contributed by atoms with Gasteiger partial charge in [0.05, 0.1) is 29.1 Å². The molecule has 2 aliphatic heterocycles. The molecule has 32 heavy (non-hydrogen) atoms.